The van der Waals surface area contributed by atoms with Crippen molar-refractivity contribution < 1.29 is 4.74 Å². The first-order chi connectivity index (χ1) is 48.4. The van der Waals surface area contributed by atoms with Gasteiger partial charge in [-0.25, -0.2) is 0 Å². The molecule has 0 radical (unpaired) electrons. The molecule has 2 fully saturated rings. The second kappa shape index (κ2) is 21.5. The lowest BCUT2D eigenvalue weighted by Crippen LogP contribution is -2.60. The first kappa shape index (κ1) is 62.5. The molecule has 5 nitrogen and oxygen atoms in total. The summed E-state index contributed by atoms with van der Waals surface area (Å²) in [4.78, 5) is 10.6. The van der Waals surface area contributed by atoms with Gasteiger partial charge in [-0.15, -0.1) is 11.3 Å². The number of hydrogen-bond donors (Lipinski definition) is 0. The molecule has 0 amide bonds. The van der Waals surface area contributed by atoms with Gasteiger partial charge in [-0.05, 0) is 223 Å². The molecule has 4 heterocycles. The van der Waals surface area contributed by atoms with Crippen LogP contribution in [-0.2, 0) is 27.1 Å². The Morgan fingerprint density at radius 1 is 0.465 bits per heavy atom. The van der Waals surface area contributed by atoms with Gasteiger partial charge in [-0.1, -0.05) is 230 Å². The van der Waals surface area contributed by atoms with Crippen molar-refractivity contribution in [2.75, 3.05) is 19.6 Å². The van der Waals surface area contributed by atoms with Crippen LogP contribution in [0.3, 0.4) is 0 Å². The molecule has 12 aromatic rings. The lowest BCUT2D eigenvalue weighted by atomic mass is 9.36. The Labute approximate surface area is 602 Å². The van der Waals surface area contributed by atoms with Crippen LogP contribution in [0.15, 0.2) is 237 Å². The van der Waals surface area contributed by atoms with E-state index in [0.717, 1.165) is 70.6 Å². The second-order valence-corrected chi connectivity index (χ2v) is 35.6. The maximum absolute atomic E-state index is 6.94. The van der Waals surface area contributed by atoms with Crippen molar-refractivity contribution in [3.63, 3.8) is 0 Å². The average molecular weight is 1330 g/mol. The van der Waals surface area contributed by atoms with Crippen LogP contribution < -0.4 is 40.0 Å². The molecule has 0 saturated heterocycles. The summed E-state index contributed by atoms with van der Waals surface area (Å²) in [7, 11) is 0. The standard InChI is InChI=1S/C94H89BN4OS/c1-88(2,3)59-38-41-62(42-39-59)96(74-32-20-18-28-66(74)58-26-15-14-16-27-58)64-44-46-73-78(54-64)97(63-43-45-70-72(53-63)91(9,10)51-50-90(70,7)8)79-55-65(98-75-33-21-23-36-81(75)100-82-37-24-22-34-76(82)98)56-80-85(79)95(73)87-86(68-52-60(89(4,5)6)40-47-83(68)101-87)99(80)77-35-25-31-71-84(77)67-29-17-19-30-69(67)94(71)57-61-48-49-93(94,13)92(61,11)12/h14-47,52-56,61H,48-51,57H2,1-13H3. The number of benzene rings is 11. The molecule has 3 atom stereocenters. The van der Waals surface area contributed by atoms with E-state index < -0.39 is 0 Å². The molecule has 3 aliphatic heterocycles. The van der Waals surface area contributed by atoms with Gasteiger partial charge in [0.2, 0.25) is 0 Å². The van der Waals surface area contributed by atoms with E-state index in [2.05, 4.69) is 346 Å². The summed E-state index contributed by atoms with van der Waals surface area (Å²) < 4.78 is 9.61. The minimum absolute atomic E-state index is 0.0100. The minimum Gasteiger partial charge on any atom is -0.453 e. The quantitative estimate of drug-likeness (QED) is 0.148. The first-order valence-electron chi connectivity index (χ1n) is 37.0. The summed E-state index contributed by atoms with van der Waals surface area (Å²) >= 11 is 2.00. The van der Waals surface area contributed by atoms with Gasteiger partial charge in [0.05, 0.1) is 34.1 Å². The van der Waals surface area contributed by atoms with Crippen LogP contribution in [0.1, 0.15) is 155 Å². The summed E-state index contributed by atoms with van der Waals surface area (Å²) in [5.74, 6) is 2.29. The molecule has 2 bridgehead atoms. The van der Waals surface area contributed by atoms with E-state index in [0.29, 0.717) is 5.92 Å². The maximum Gasteiger partial charge on any atom is 0.264 e. The highest BCUT2D eigenvalue weighted by Gasteiger charge is 2.71. The zero-order valence-corrected chi connectivity index (χ0v) is 61.6. The van der Waals surface area contributed by atoms with Crippen LogP contribution in [0.25, 0.3) is 32.3 Å². The SMILES string of the molecule is CC(C)(C)c1ccc(N(c2ccc3c(c2)N(c2ccc4c(c2)C(C)(C)CCC4(C)C)c2cc(N4c5ccccc5Oc5ccccc54)cc4c2B3c2sc3ccc(C(C)(C)C)cc3c2N4c2cccc3c2-c2ccccc2C32CC3CCC2(C)C3(C)C)c2ccccc2-c2ccccc2)cc1. The first-order valence-corrected chi connectivity index (χ1v) is 37.9. The lowest BCUT2D eigenvalue weighted by Gasteiger charge is -2.48. The van der Waals surface area contributed by atoms with Crippen LogP contribution in [0.5, 0.6) is 11.5 Å². The maximum atomic E-state index is 6.94. The normalized spacial score (nSPS) is 20.3. The molecule has 7 aliphatic rings. The van der Waals surface area contributed by atoms with Gasteiger partial charge < -0.3 is 24.3 Å². The fourth-order valence-electron chi connectivity index (χ4n) is 20.2. The summed E-state index contributed by atoms with van der Waals surface area (Å²) in [5, 5.41) is 1.30. The monoisotopic (exact) mass is 1330 g/mol. The van der Waals surface area contributed by atoms with E-state index in [1.165, 1.54) is 123 Å². The highest BCUT2D eigenvalue weighted by Crippen LogP contribution is 2.79. The largest absolute Gasteiger partial charge is 0.453 e. The molecule has 500 valence electrons. The molecule has 0 N–H and O–H groups in total. The fraction of sp³-hybridized carbons (Fsp3) is 0.277. The van der Waals surface area contributed by atoms with Gasteiger partial charge in [0.15, 0.2) is 11.5 Å². The molecule has 4 aliphatic carbocycles. The lowest BCUT2D eigenvalue weighted by molar-refractivity contribution is 0.0990. The smallest absolute Gasteiger partial charge is 0.264 e. The van der Waals surface area contributed by atoms with Crippen molar-refractivity contribution >= 4 is 112 Å². The number of anilines is 12. The molecule has 1 spiro atoms. The Bertz CT molecular complexity index is 5410. The Morgan fingerprint density at radius 3 is 1.76 bits per heavy atom. The van der Waals surface area contributed by atoms with Crippen LogP contribution in [-0.4, -0.2) is 6.71 Å². The van der Waals surface area contributed by atoms with Crippen molar-refractivity contribution in [1.82, 2.24) is 0 Å². The summed E-state index contributed by atoms with van der Waals surface area (Å²) in [6.45, 7) is 31.7. The Balaban J connectivity index is 0.956. The molecular weight excluding hydrogens is 1240 g/mol. The number of thiophene rings is 1. The Morgan fingerprint density at radius 2 is 1.07 bits per heavy atom. The van der Waals surface area contributed by atoms with Gasteiger partial charge >= 0.3 is 0 Å². The summed E-state index contributed by atoms with van der Waals surface area (Å²) in [6, 6.07) is 91.5. The average Bonchev–Trinajstić information content (AvgIpc) is 1.57. The van der Waals surface area contributed by atoms with Crippen molar-refractivity contribution in [2.24, 2.45) is 16.7 Å². The number of nitrogens with zero attached hydrogens (tertiary/aromatic N) is 4. The second-order valence-electron chi connectivity index (χ2n) is 34.6. The molecule has 101 heavy (non-hydrogen) atoms. The molecule has 7 heteroatoms. The van der Waals surface area contributed by atoms with Gasteiger partial charge in [0.25, 0.3) is 6.71 Å². The van der Waals surface area contributed by atoms with E-state index in [9.17, 15) is 0 Å². The number of fused-ring (bicyclic) bond motifs is 17. The number of rotatable bonds is 7. The topological polar surface area (TPSA) is 22.2 Å². The highest BCUT2D eigenvalue weighted by atomic mass is 32.1. The number of hydrogen-bond acceptors (Lipinski definition) is 6. The highest BCUT2D eigenvalue weighted by molar-refractivity contribution is 7.33. The zero-order valence-electron chi connectivity index (χ0n) is 60.8. The number of para-hydroxylation sites is 5. The van der Waals surface area contributed by atoms with Gasteiger partial charge in [0, 0.05) is 65.5 Å². The van der Waals surface area contributed by atoms with Crippen molar-refractivity contribution in [2.45, 2.75) is 149 Å². The third-order valence-electron chi connectivity index (χ3n) is 26.1. The molecule has 3 unspecified atom stereocenters. The predicted octanol–water partition coefficient (Wildman–Crippen LogP) is 24.8. The van der Waals surface area contributed by atoms with Crippen LogP contribution in [0.4, 0.5) is 68.2 Å². The predicted molar refractivity (Wildman–Crippen MR) is 429 cm³/mol. The van der Waals surface area contributed by atoms with Crippen LogP contribution >= 0.6 is 11.3 Å². The molecule has 19 rings (SSSR count). The molecule has 11 aromatic carbocycles. The van der Waals surface area contributed by atoms with Crippen molar-refractivity contribution in [3.8, 4) is 33.8 Å². The molecule has 2 saturated carbocycles. The number of ether oxygens (including phenoxy) is 1. The third-order valence-corrected chi connectivity index (χ3v) is 27.3. The van der Waals surface area contributed by atoms with E-state index in [4.69, 9.17) is 4.74 Å². The third kappa shape index (κ3) is 8.81. The van der Waals surface area contributed by atoms with Gasteiger partial charge in [0.1, 0.15) is 0 Å². The zero-order chi connectivity index (χ0) is 69.2. The van der Waals surface area contributed by atoms with Gasteiger partial charge in [-0.3, -0.25) is 0 Å². The van der Waals surface area contributed by atoms with E-state index in [1.807, 2.05) is 11.3 Å². The van der Waals surface area contributed by atoms with Crippen LogP contribution in [0, 0.1) is 16.7 Å². The summed E-state index contributed by atoms with van der Waals surface area (Å²) in [5.41, 5.74) is 29.7. The van der Waals surface area contributed by atoms with Crippen molar-refractivity contribution in [1.29, 1.82) is 0 Å². The molecule has 1 aromatic heterocycles. The van der Waals surface area contributed by atoms with E-state index in [-0.39, 0.29) is 44.6 Å². The van der Waals surface area contributed by atoms with E-state index >= 15 is 0 Å². The Hall–Kier alpha value is -9.56. The Kier molecular flexibility index (Phi) is 13.3. The molecular formula is C94H89BN4OS. The van der Waals surface area contributed by atoms with Crippen LogP contribution in [0.2, 0.25) is 0 Å². The van der Waals surface area contributed by atoms with Gasteiger partial charge in [-0.2, -0.15) is 0 Å². The summed E-state index contributed by atoms with van der Waals surface area (Å²) in [6.07, 6.45) is 5.90. The fourth-order valence-corrected chi connectivity index (χ4v) is 21.5. The van der Waals surface area contributed by atoms with Crippen molar-refractivity contribution in [3.05, 3.63) is 270 Å². The minimum atomic E-state index is -0.162. The van der Waals surface area contributed by atoms with E-state index in [1.54, 1.807) is 0 Å².